The molecule has 0 aromatic carbocycles. The van der Waals surface area contributed by atoms with Crippen molar-refractivity contribution < 1.29 is 9.53 Å². The summed E-state index contributed by atoms with van der Waals surface area (Å²) >= 11 is 0. The van der Waals surface area contributed by atoms with Crippen molar-refractivity contribution in [1.29, 1.82) is 0 Å². The number of carbonyl (C=O) groups excluding carboxylic acids is 1. The van der Waals surface area contributed by atoms with Crippen LogP contribution in [-0.2, 0) is 9.53 Å². The molecule has 2 nitrogen and oxygen atoms in total. The fourth-order valence-corrected chi connectivity index (χ4v) is 4.61. The molecule has 0 radical (unpaired) electrons. The topological polar surface area (TPSA) is 26.3 Å². The molecule has 0 bridgehead atoms. The second-order valence-electron chi connectivity index (χ2n) is 11.5. The monoisotopic (exact) mass is 464 g/mol. The zero-order valence-corrected chi connectivity index (χ0v) is 23.1. The van der Waals surface area contributed by atoms with Gasteiger partial charge in [0.15, 0.2) is 0 Å². The van der Waals surface area contributed by atoms with Crippen molar-refractivity contribution >= 4 is 5.97 Å². The predicted octanol–water partition coefficient (Wildman–Crippen LogP) is 11.1. The maximum Gasteiger partial charge on any atom is 0.310 e. The Bertz CT molecular complexity index is 421. The highest BCUT2D eigenvalue weighted by Crippen LogP contribution is 2.22. The van der Waals surface area contributed by atoms with Crippen LogP contribution in [0.4, 0.5) is 0 Å². The fourth-order valence-electron chi connectivity index (χ4n) is 4.61. The maximum absolute atomic E-state index is 11.2. The Morgan fingerprint density at radius 3 is 1.09 bits per heavy atom. The molecule has 2 heteroatoms. The van der Waals surface area contributed by atoms with Gasteiger partial charge in [-0.1, -0.05) is 162 Å². The zero-order chi connectivity index (χ0) is 24.5. The van der Waals surface area contributed by atoms with Crippen molar-refractivity contribution in [3.05, 3.63) is 12.8 Å². The molecular weight excluding hydrogens is 404 g/mol. The largest absolute Gasteiger partial charge is 0.435 e. The van der Waals surface area contributed by atoms with Gasteiger partial charge in [-0.2, -0.15) is 0 Å². The lowest BCUT2D eigenvalue weighted by atomic mass is 9.89. The highest BCUT2D eigenvalue weighted by Gasteiger charge is 2.08. The quantitative estimate of drug-likeness (QED) is 0.0762. The van der Waals surface area contributed by atoms with Crippen molar-refractivity contribution in [2.45, 2.75) is 175 Å². The van der Waals surface area contributed by atoms with Crippen LogP contribution in [0.1, 0.15) is 175 Å². The van der Waals surface area contributed by atoms with Gasteiger partial charge in [-0.3, -0.25) is 4.79 Å². The van der Waals surface area contributed by atoms with E-state index >= 15 is 0 Å². The first-order chi connectivity index (χ1) is 16.0. The van der Waals surface area contributed by atoms with Crippen LogP contribution in [0.15, 0.2) is 12.8 Å². The van der Waals surface area contributed by atoms with Gasteiger partial charge in [-0.15, -0.1) is 0 Å². The van der Waals surface area contributed by atoms with Gasteiger partial charge in [0, 0.05) is 6.42 Å². The Morgan fingerprint density at radius 2 is 0.818 bits per heavy atom. The number of carbonyl (C=O) groups is 1. The average molecular weight is 465 g/mol. The molecule has 0 saturated carbocycles. The molecule has 0 unspecified atom stereocenters. The van der Waals surface area contributed by atoms with Crippen molar-refractivity contribution in [1.82, 2.24) is 0 Å². The predicted molar refractivity (Wildman–Crippen MR) is 147 cm³/mol. The van der Waals surface area contributed by atoms with Gasteiger partial charge < -0.3 is 4.74 Å². The summed E-state index contributed by atoms with van der Waals surface area (Å²) in [6.07, 6.45) is 33.7. The van der Waals surface area contributed by atoms with Gasteiger partial charge in [0.1, 0.15) is 0 Å². The highest BCUT2D eigenvalue weighted by molar-refractivity contribution is 5.69. The molecule has 0 aliphatic rings. The third-order valence-electron chi connectivity index (χ3n) is 6.77. The van der Waals surface area contributed by atoms with E-state index in [9.17, 15) is 4.79 Å². The Kier molecular flexibility index (Phi) is 23.8. The number of ether oxygens (including phenoxy) is 1. The van der Waals surface area contributed by atoms with Crippen LogP contribution in [0.25, 0.3) is 0 Å². The molecule has 0 aliphatic carbocycles. The van der Waals surface area contributed by atoms with E-state index in [1.807, 2.05) is 0 Å². The van der Waals surface area contributed by atoms with Crippen LogP contribution in [0.3, 0.4) is 0 Å². The Morgan fingerprint density at radius 1 is 0.545 bits per heavy atom. The minimum Gasteiger partial charge on any atom is -0.435 e. The van der Waals surface area contributed by atoms with Gasteiger partial charge in [-0.05, 0) is 18.3 Å². The Balaban J connectivity index is 3.08. The van der Waals surface area contributed by atoms with Crippen LogP contribution in [-0.4, -0.2) is 5.97 Å². The third kappa shape index (κ3) is 29.2. The second-order valence-corrected chi connectivity index (χ2v) is 11.5. The summed E-state index contributed by atoms with van der Waals surface area (Å²) in [6, 6.07) is 0. The molecular formula is C31H60O2. The van der Waals surface area contributed by atoms with E-state index in [1.54, 1.807) is 0 Å². The molecule has 0 aromatic heterocycles. The molecule has 0 N–H and O–H groups in total. The molecule has 0 spiro atoms. The number of hydrogen-bond acceptors (Lipinski definition) is 2. The first-order valence-corrected chi connectivity index (χ1v) is 14.8. The molecule has 0 atom stereocenters. The van der Waals surface area contributed by atoms with E-state index in [1.165, 1.54) is 141 Å². The lowest BCUT2D eigenvalue weighted by Crippen LogP contribution is -2.03. The normalized spacial score (nSPS) is 11.6. The average Bonchev–Trinajstić information content (AvgIpc) is 2.76. The van der Waals surface area contributed by atoms with Gasteiger partial charge in [0.2, 0.25) is 0 Å². The lowest BCUT2D eigenvalue weighted by molar-refractivity contribution is -0.138. The highest BCUT2D eigenvalue weighted by atomic mass is 16.5. The van der Waals surface area contributed by atoms with E-state index in [4.69, 9.17) is 4.74 Å². The van der Waals surface area contributed by atoms with E-state index in [2.05, 4.69) is 27.4 Å². The molecule has 0 heterocycles. The summed E-state index contributed by atoms with van der Waals surface area (Å²) in [5.41, 5.74) is 0.521. The van der Waals surface area contributed by atoms with Crippen molar-refractivity contribution in [3.63, 3.8) is 0 Å². The van der Waals surface area contributed by atoms with Gasteiger partial charge >= 0.3 is 5.97 Å². The van der Waals surface area contributed by atoms with Crippen LogP contribution >= 0.6 is 0 Å². The van der Waals surface area contributed by atoms with Crippen molar-refractivity contribution in [2.75, 3.05) is 0 Å². The molecule has 33 heavy (non-hydrogen) atoms. The summed E-state index contributed by atoms with van der Waals surface area (Å²) in [6.45, 7) is 10.5. The summed E-state index contributed by atoms with van der Waals surface area (Å²) in [4.78, 5) is 11.2. The number of unbranched alkanes of at least 4 members (excludes halogenated alkanes) is 21. The van der Waals surface area contributed by atoms with Crippen LogP contribution in [0.5, 0.6) is 0 Å². The van der Waals surface area contributed by atoms with Gasteiger partial charge in [0.25, 0.3) is 0 Å². The van der Waals surface area contributed by atoms with Crippen molar-refractivity contribution in [3.8, 4) is 0 Å². The number of esters is 1. The van der Waals surface area contributed by atoms with Crippen LogP contribution < -0.4 is 0 Å². The summed E-state index contributed by atoms with van der Waals surface area (Å²) in [7, 11) is 0. The lowest BCUT2D eigenvalue weighted by Gasteiger charge is -2.17. The summed E-state index contributed by atoms with van der Waals surface area (Å²) < 4.78 is 4.72. The molecule has 0 amide bonds. The van der Waals surface area contributed by atoms with Crippen molar-refractivity contribution in [2.24, 2.45) is 5.41 Å². The zero-order valence-electron chi connectivity index (χ0n) is 23.1. The SMILES string of the molecule is C=COC(=O)CCCCCCCCCCCCCCCCCCCCCCCCC(C)(C)C. The number of rotatable bonds is 25. The Labute approximate surface area is 208 Å². The Hall–Kier alpha value is -0.790. The van der Waals surface area contributed by atoms with E-state index in [0.717, 1.165) is 12.8 Å². The van der Waals surface area contributed by atoms with E-state index in [0.29, 0.717) is 11.8 Å². The van der Waals surface area contributed by atoms with Crippen LogP contribution in [0.2, 0.25) is 0 Å². The summed E-state index contributed by atoms with van der Waals surface area (Å²) in [5, 5.41) is 0. The first-order valence-electron chi connectivity index (χ1n) is 14.8. The molecule has 196 valence electrons. The minimum atomic E-state index is -0.145. The first kappa shape index (κ1) is 32.2. The van der Waals surface area contributed by atoms with Gasteiger partial charge in [-0.25, -0.2) is 0 Å². The van der Waals surface area contributed by atoms with Gasteiger partial charge in [0.05, 0.1) is 6.26 Å². The fraction of sp³-hybridized carbons (Fsp3) is 0.903. The van der Waals surface area contributed by atoms with Crippen LogP contribution in [0, 0.1) is 5.41 Å². The standard InChI is InChI=1S/C31H60O2/c1-5-33-30(32)28-26-24-22-20-18-16-14-12-10-8-6-7-9-11-13-15-17-19-21-23-25-27-29-31(2,3)4/h5H,1,6-29H2,2-4H3. The minimum absolute atomic E-state index is 0.145. The molecule has 0 aliphatic heterocycles. The molecule has 0 fully saturated rings. The third-order valence-corrected chi connectivity index (χ3v) is 6.77. The smallest absolute Gasteiger partial charge is 0.310 e. The second kappa shape index (κ2) is 24.3. The van der Waals surface area contributed by atoms with E-state index < -0.39 is 0 Å². The molecule has 0 aromatic rings. The molecule has 0 rings (SSSR count). The van der Waals surface area contributed by atoms with E-state index in [-0.39, 0.29) is 5.97 Å². The summed E-state index contributed by atoms with van der Waals surface area (Å²) in [5.74, 6) is -0.145. The maximum atomic E-state index is 11.2. The molecule has 0 saturated heterocycles. The number of hydrogen-bond donors (Lipinski definition) is 0.